The first-order chi connectivity index (χ1) is 14.1. The van der Waals surface area contributed by atoms with Gasteiger partial charge in [0.2, 0.25) is 5.91 Å². The molecule has 3 N–H and O–H groups in total. The lowest BCUT2D eigenvalue weighted by molar-refractivity contribution is -0.115. The van der Waals surface area contributed by atoms with Crippen LogP contribution >= 0.6 is 23.1 Å². The third-order valence-electron chi connectivity index (χ3n) is 4.87. The van der Waals surface area contributed by atoms with E-state index in [-0.39, 0.29) is 11.7 Å². The number of amides is 2. The van der Waals surface area contributed by atoms with E-state index in [4.69, 9.17) is 5.73 Å². The Hall–Kier alpha value is -2.64. The number of hydrogen-bond donors (Lipinski definition) is 2. The molecule has 3 aromatic rings. The van der Waals surface area contributed by atoms with Gasteiger partial charge in [-0.15, -0.1) is 23.1 Å². The zero-order chi connectivity index (χ0) is 20.2. The van der Waals surface area contributed by atoms with E-state index < -0.39 is 5.91 Å². The molecular weight excluding hydrogens is 402 g/mol. The predicted octanol–water partition coefficient (Wildman–Crippen LogP) is 4.52. The number of benzene rings is 2. The summed E-state index contributed by atoms with van der Waals surface area (Å²) in [5.41, 5.74) is 10.5. The van der Waals surface area contributed by atoms with Crippen LogP contribution in [0.25, 0.3) is 11.3 Å². The summed E-state index contributed by atoms with van der Waals surface area (Å²) in [6, 6.07) is 13.7. The molecule has 0 unspecified atom stereocenters. The SMILES string of the molecule is NC(=O)CSc1ccccc1C(=O)Nc1nc(-c2ccc3c(c2)CCCC3)cs1. The van der Waals surface area contributed by atoms with Gasteiger partial charge in [0.25, 0.3) is 5.91 Å². The number of hydrogen-bond acceptors (Lipinski definition) is 5. The normalized spacial score (nSPS) is 13.0. The van der Waals surface area contributed by atoms with Crippen LogP contribution in [0, 0.1) is 0 Å². The molecule has 0 aliphatic heterocycles. The van der Waals surface area contributed by atoms with Crippen LogP contribution in [0.2, 0.25) is 0 Å². The van der Waals surface area contributed by atoms with Crippen LogP contribution in [0.5, 0.6) is 0 Å². The number of aromatic nitrogens is 1. The van der Waals surface area contributed by atoms with E-state index in [1.54, 1.807) is 12.1 Å². The average Bonchev–Trinajstić information content (AvgIpc) is 3.20. The van der Waals surface area contributed by atoms with Crippen LogP contribution in [0.15, 0.2) is 52.7 Å². The Morgan fingerprint density at radius 2 is 1.90 bits per heavy atom. The summed E-state index contributed by atoms with van der Waals surface area (Å²) in [4.78, 5) is 29.1. The summed E-state index contributed by atoms with van der Waals surface area (Å²) in [5, 5.41) is 5.40. The van der Waals surface area contributed by atoms with Gasteiger partial charge in [0.15, 0.2) is 5.13 Å². The van der Waals surface area contributed by atoms with Crippen molar-refractivity contribution in [2.24, 2.45) is 5.73 Å². The van der Waals surface area contributed by atoms with E-state index >= 15 is 0 Å². The lowest BCUT2D eigenvalue weighted by Crippen LogP contribution is -2.15. The molecule has 1 aliphatic rings. The van der Waals surface area contributed by atoms with Crippen molar-refractivity contribution in [1.29, 1.82) is 0 Å². The third kappa shape index (κ3) is 4.68. The lowest BCUT2D eigenvalue weighted by Gasteiger charge is -2.16. The lowest BCUT2D eigenvalue weighted by atomic mass is 9.90. The van der Waals surface area contributed by atoms with Crippen LogP contribution in [0.4, 0.5) is 5.13 Å². The highest BCUT2D eigenvalue weighted by atomic mass is 32.2. The summed E-state index contributed by atoms with van der Waals surface area (Å²) >= 11 is 2.66. The van der Waals surface area contributed by atoms with Gasteiger partial charge in [-0.25, -0.2) is 4.98 Å². The number of nitrogens with zero attached hydrogens (tertiary/aromatic N) is 1. The Bertz CT molecular complexity index is 1060. The van der Waals surface area contributed by atoms with Gasteiger partial charge in [-0.2, -0.15) is 0 Å². The molecule has 0 bridgehead atoms. The maximum absolute atomic E-state index is 12.7. The van der Waals surface area contributed by atoms with Crippen molar-refractivity contribution in [1.82, 2.24) is 4.98 Å². The van der Waals surface area contributed by atoms with Crippen molar-refractivity contribution in [2.45, 2.75) is 30.6 Å². The second kappa shape index (κ2) is 8.80. The molecule has 0 atom stereocenters. The molecule has 0 saturated heterocycles. The molecule has 7 heteroatoms. The quantitative estimate of drug-likeness (QED) is 0.571. The predicted molar refractivity (Wildman–Crippen MR) is 119 cm³/mol. The second-order valence-corrected chi connectivity index (χ2v) is 8.81. The first kappa shape index (κ1) is 19.7. The number of thiazole rings is 1. The van der Waals surface area contributed by atoms with Gasteiger partial charge in [-0.05, 0) is 55.0 Å². The van der Waals surface area contributed by atoms with Crippen molar-refractivity contribution >= 4 is 40.0 Å². The third-order valence-corrected chi connectivity index (χ3v) is 6.72. The van der Waals surface area contributed by atoms with E-state index in [1.807, 2.05) is 17.5 Å². The first-order valence-electron chi connectivity index (χ1n) is 9.49. The standard InChI is InChI=1S/C22H21N3O2S2/c23-20(26)13-28-19-8-4-3-7-17(19)21(27)25-22-24-18(12-29-22)16-10-9-14-5-1-2-6-15(14)11-16/h3-4,7-12H,1-2,5-6,13H2,(H2,23,26)(H,24,25,27). The number of fused-ring (bicyclic) bond motifs is 1. The number of carbonyl (C=O) groups is 2. The Morgan fingerprint density at radius 3 is 2.72 bits per heavy atom. The molecule has 2 aromatic carbocycles. The molecule has 0 fully saturated rings. The molecular formula is C22H21N3O2S2. The number of nitrogens with two attached hydrogens (primary N) is 1. The van der Waals surface area contributed by atoms with Crippen LogP contribution in [0.3, 0.4) is 0 Å². The number of thioether (sulfide) groups is 1. The first-order valence-corrected chi connectivity index (χ1v) is 11.4. The summed E-state index contributed by atoms with van der Waals surface area (Å²) < 4.78 is 0. The summed E-state index contributed by atoms with van der Waals surface area (Å²) in [6.07, 6.45) is 4.78. The largest absolute Gasteiger partial charge is 0.369 e. The van der Waals surface area contributed by atoms with Gasteiger partial charge in [0.1, 0.15) is 0 Å². The van der Waals surface area contributed by atoms with Crippen molar-refractivity contribution in [3.63, 3.8) is 0 Å². The fourth-order valence-corrected chi connectivity index (χ4v) is 4.95. The van der Waals surface area contributed by atoms with E-state index in [9.17, 15) is 9.59 Å². The topological polar surface area (TPSA) is 85.1 Å². The Labute approximate surface area is 177 Å². The van der Waals surface area contributed by atoms with Gasteiger partial charge in [0.05, 0.1) is 17.0 Å². The molecule has 1 aliphatic carbocycles. The number of nitrogens with one attached hydrogen (secondary N) is 1. The molecule has 148 valence electrons. The molecule has 29 heavy (non-hydrogen) atoms. The molecule has 0 spiro atoms. The number of anilines is 1. The highest BCUT2D eigenvalue weighted by Crippen LogP contribution is 2.30. The number of primary amides is 1. The molecule has 1 aromatic heterocycles. The zero-order valence-corrected chi connectivity index (χ0v) is 17.4. The van der Waals surface area contributed by atoms with Gasteiger partial charge >= 0.3 is 0 Å². The maximum Gasteiger partial charge on any atom is 0.258 e. The van der Waals surface area contributed by atoms with E-state index in [0.29, 0.717) is 10.7 Å². The smallest absolute Gasteiger partial charge is 0.258 e. The van der Waals surface area contributed by atoms with Crippen LogP contribution in [-0.2, 0) is 17.6 Å². The molecule has 1 heterocycles. The average molecular weight is 424 g/mol. The highest BCUT2D eigenvalue weighted by molar-refractivity contribution is 8.00. The molecule has 2 amide bonds. The van der Waals surface area contributed by atoms with E-state index in [0.717, 1.165) is 29.0 Å². The minimum Gasteiger partial charge on any atom is -0.369 e. The fraction of sp³-hybridized carbons (Fsp3) is 0.227. The van der Waals surface area contributed by atoms with Gasteiger partial charge in [-0.3, -0.25) is 14.9 Å². The summed E-state index contributed by atoms with van der Waals surface area (Å²) in [5.74, 6) is -0.534. The molecule has 5 nitrogen and oxygen atoms in total. The van der Waals surface area contributed by atoms with Gasteiger partial charge in [-0.1, -0.05) is 24.3 Å². The van der Waals surface area contributed by atoms with Crippen molar-refractivity contribution in [2.75, 3.05) is 11.1 Å². The monoisotopic (exact) mass is 423 g/mol. The van der Waals surface area contributed by atoms with E-state index in [1.165, 1.54) is 47.1 Å². The second-order valence-electron chi connectivity index (χ2n) is 6.93. The minimum atomic E-state index is -0.417. The Kier molecular flexibility index (Phi) is 5.97. The van der Waals surface area contributed by atoms with Gasteiger partial charge in [0, 0.05) is 15.8 Å². The Balaban J connectivity index is 1.50. The van der Waals surface area contributed by atoms with Crippen LogP contribution in [0.1, 0.15) is 34.3 Å². The molecule has 4 rings (SSSR count). The summed E-state index contributed by atoms with van der Waals surface area (Å²) in [6.45, 7) is 0. The number of aryl methyl sites for hydroxylation is 2. The van der Waals surface area contributed by atoms with Crippen molar-refractivity contribution < 1.29 is 9.59 Å². The highest BCUT2D eigenvalue weighted by Gasteiger charge is 2.15. The van der Waals surface area contributed by atoms with Crippen molar-refractivity contribution in [3.8, 4) is 11.3 Å². The van der Waals surface area contributed by atoms with E-state index in [2.05, 4.69) is 28.5 Å². The van der Waals surface area contributed by atoms with Crippen LogP contribution in [-0.4, -0.2) is 22.6 Å². The summed E-state index contributed by atoms with van der Waals surface area (Å²) in [7, 11) is 0. The van der Waals surface area contributed by atoms with Crippen molar-refractivity contribution in [3.05, 3.63) is 64.5 Å². The maximum atomic E-state index is 12.7. The molecule has 0 radical (unpaired) electrons. The molecule has 0 saturated carbocycles. The van der Waals surface area contributed by atoms with Crippen LogP contribution < -0.4 is 11.1 Å². The zero-order valence-electron chi connectivity index (χ0n) is 15.8. The number of carbonyl (C=O) groups excluding carboxylic acids is 2. The Morgan fingerprint density at radius 1 is 1.10 bits per heavy atom. The fourth-order valence-electron chi connectivity index (χ4n) is 3.45. The van der Waals surface area contributed by atoms with Gasteiger partial charge < -0.3 is 5.73 Å². The minimum absolute atomic E-state index is 0.129. The number of rotatable bonds is 6.